The summed E-state index contributed by atoms with van der Waals surface area (Å²) < 4.78 is 463. The lowest BCUT2D eigenvalue weighted by Gasteiger charge is -2.36. The molecule has 0 fully saturated rings. The van der Waals surface area contributed by atoms with Crippen molar-refractivity contribution in [1.29, 1.82) is 0 Å². The molecule has 0 amide bonds. The molecule has 12 aromatic carbocycles. The molecule has 6 heteroatoms. The molecule has 0 saturated heterocycles. The molecular formula is C75H51N5Si. The lowest BCUT2D eigenvalue weighted by Crippen LogP contribution is -2.74. The number of aromatic nitrogens is 5. The van der Waals surface area contributed by atoms with Gasteiger partial charge in [-0.05, 0) is 102 Å². The van der Waals surface area contributed by atoms with Crippen molar-refractivity contribution in [3.63, 3.8) is 0 Å². The van der Waals surface area contributed by atoms with Gasteiger partial charge in [-0.1, -0.05) is 272 Å². The highest BCUT2D eigenvalue weighted by Crippen LogP contribution is 2.36. The zero-order valence-electron chi connectivity index (χ0n) is 88.5. The Kier molecular flexibility index (Phi) is 4.79. The fourth-order valence-corrected chi connectivity index (χ4v) is 13.0. The number of hydrogen-bond acceptors (Lipinski definition) is 3. The predicted molar refractivity (Wildman–Crippen MR) is 339 cm³/mol. The van der Waals surface area contributed by atoms with E-state index in [1.807, 2.05) is 0 Å². The summed E-state index contributed by atoms with van der Waals surface area (Å²) >= 11 is 0. The maximum atomic E-state index is 11.4. The molecule has 15 aromatic rings. The molecule has 0 aliphatic carbocycles. The smallest absolute Gasteiger partial charge is 0.240 e. The SMILES string of the molecule is [2H]c1cc(-c2c([2H])c(-c3c([2H])cc([2H])c([2H])c3[2H])c([2H])c([Si](c3c([2H])c([2H])c([2H])c([2H])c3[2H])(c3c([2H])c([2H])c([2H])c(-c4nc(-n5c6cc([2H])c([2H])c([2H])c6c6c([2H])c([2H])c([2H])c([2H])c65)nc(-n5c6c([2H])c([2H])c([2H])c([2H])c6c6c([2H])c([2H])c([2H])c([2H])c65)n4)c3[2H])c3c([2H])c(-c4c([2H])c([2H])c([2H])c([2H])c4[2H])c([2H])c(-c4c([2H])c([2H])c([2H])c([2H])c4[2H])c3[2H])c2[2H])c([2H])c([2H])c1[2H]. The van der Waals surface area contributed by atoms with Gasteiger partial charge < -0.3 is 0 Å². The number of para-hydroxylation sites is 4. The van der Waals surface area contributed by atoms with Crippen LogP contribution >= 0.6 is 0 Å². The van der Waals surface area contributed by atoms with Crippen molar-refractivity contribution in [3.05, 3.63) is 308 Å². The van der Waals surface area contributed by atoms with Gasteiger partial charge in [0.1, 0.15) is 0 Å². The molecule has 5 nitrogen and oxygen atoms in total. The molecular weight excluding hydrogens is 999 g/mol. The Hall–Kier alpha value is -10.5. The van der Waals surface area contributed by atoms with Crippen LogP contribution in [-0.4, -0.2) is 32.2 Å². The molecule has 0 spiro atoms. The van der Waals surface area contributed by atoms with Crippen molar-refractivity contribution in [3.8, 4) is 67.8 Å². The molecule has 0 radical (unpaired) electrons. The van der Waals surface area contributed by atoms with E-state index in [4.69, 9.17) is 26.0 Å². The van der Waals surface area contributed by atoms with Crippen LogP contribution in [0.5, 0.6) is 0 Å². The normalized spacial score (nSPS) is 20.6. The van der Waals surface area contributed by atoms with Crippen molar-refractivity contribution >= 4 is 72.4 Å². The van der Waals surface area contributed by atoms with E-state index in [0.29, 0.717) is 21.3 Å². The van der Waals surface area contributed by atoms with Gasteiger partial charge in [-0.3, -0.25) is 9.13 Å². The first-order valence-electron chi connectivity index (χ1n) is 47.7. The number of benzene rings is 12. The third-order valence-electron chi connectivity index (χ3n) is 12.6. The van der Waals surface area contributed by atoms with Crippen molar-refractivity contribution in [1.82, 2.24) is 24.1 Å². The van der Waals surface area contributed by atoms with Crippen molar-refractivity contribution in [2.75, 3.05) is 0 Å². The average molecular weight is 1100 g/mol. The lowest BCUT2D eigenvalue weighted by atomic mass is 9.99. The third kappa shape index (κ3) is 8.28. The van der Waals surface area contributed by atoms with Crippen LogP contribution in [0.4, 0.5) is 0 Å². The highest BCUT2D eigenvalue weighted by Gasteiger charge is 2.43. The molecule has 3 heterocycles. The van der Waals surface area contributed by atoms with E-state index >= 15 is 0 Å². The minimum absolute atomic E-state index is 0.549. The molecule has 3 aromatic heterocycles. The van der Waals surface area contributed by atoms with Crippen molar-refractivity contribution < 1.29 is 65.8 Å². The number of nitrogens with zero attached hydrogens (tertiary/aromatic N) is 5. The highest BCUT2D eigenvalue weighted by molar-refractivity contribution is 7.20. The van der Waals surface area contributed by atoms with Crippen LogP contribution in [0.15, 0.2) is 308 Å². The largest absolute Gasteiger partial charge is 0.278 e. The van der Waals surface area contributed by atoms with Gasteiger partial charge in [0.2, 0.25) is 11.9 Å². The summed E-state index contributed by atoms with van der Waals surface area (Å²) in [6.07, 6.45) is 0. The number of hydrogen-bond donors (Lipinski definition) is 0. The number of rotatable bonds is 11. The second kappa shape index (κ2) is 20.0. The molecule has 0 saturated carbocycles. The zero-order chi connectivity index (χ0) is 95.5. The predicted octanol–water partition coefficient (Wildman–Crippen LogP) is 15.8. The fraction of sp³-hybridized carbons (Fsp3) is 0. The summed E-state index contributed by atoms with van der Waals surface area (Å²) in [4.78, 5) is 14.0. The molecule has 1 atom stereocenters. The quantitative estimate of drug-likeness (QED) is 0.0958. The van der Waals surface area contributed by atoms with Gasteiger partial charge in [-0.15, -0.1) is 0 Å². The zero-order valence-corrected chi connectivity index (χ0v) is 41.5. The first-order valence-corrected chi connectivity index (χ1v) is 25.7. The first kappa shape index (κ1) is 19.4. The summed E-state index contributed by atoms with van der Waals surface area (Å²) in [6, 6.07) is -60.7. The molecule has 380 valence electrons. The van der Waals surface area contributed by atoms with Gasteiger partial charge in [-0.25, -0.2) is 0 Å². The second-order valence-corrected chi connectivity index (χ2v) is 20.5. The second-order valence-electron chi connectivity index (χ2n) is 17.0. The summed E-state index contributed by atoms with van der Waals surface area (Å²) in [5, 5.41) is -9.51. The van der Waals surface area contributed by atoms with E-state index in [1.165, 1.54) is 0 Å². The summed E-state index contributed by atoms with van der Waals surface area (Å²) in [5.74, 6) is -3.92. The summed E-state index contributed by atoms with van der Waals surface area (Å²) in [7, 11) is -7.79. The Morgan fingerprint density at radius 1 is 0.259 bits per heavy atom. The minimum atomic E-state index is -7.79. The van der Waals surface area contributed by atoms with E-state index in [2.05, 4.69) is 15.0 Å². The molecule has 0 bridgehead atoms. The Labute approximate surface area is 538 Å². The Balaban J connectivity index is 1.33. The van der Waals surface area contributed by atoms with E-state index in [0.717, 1.165) is 6.07 Å². The molecule has 0 aliphatic heterocycles. The maximum absolute atomic E-state index is 11.4. The molecule has 0 aliphatic rings. The van der Waals surface area contributed by atoms with Gasteiger partial charge >= 0.3 is 0 Å². The van der Waals surface area contributed by atoms with Crippen molar-refractivity contribution in [2.45, 2.75) is 0 Å². The fourth-order valence-electron chi connectivity index (χ4n) is 9.21. The average Bonchev–Trinajstić information content (AvgIpc) is 1.49. The van der Waals surface area contributed by atoms with Crippen LogP contribution in [0, 0.1) is 0 Å². The van der Waals surface area contributed by atoms with E-state index in [1.54, 1.807) is 0 Å². The van der Waals surface area contributed by atoms with E-state index in [-0.39, 0.29) is 0 Å². The van der Waals surface area contributed by atoms with Gasteiger partial charge in [0.05, 0.1) is 87.9 Å². The highest BCUT2D eigenvalue weighted by atomic mass is 28.3. The molecule has 0 N–H and O–H groups in total. The molecule has 1 unspecified atom stereocenters. The van der Waals surface area contributed by atoms with Gasteiger partial charge in [0, 0.05) is 27.1 Å². The standard InChI is InChI=1S/C75H51N5Si/c1-6-25-52(26-7-1)57-45-58(53-27-8-2-9-28-53)49-63(48-57)81(61-34-14-5-15-35-61,64-50-59(54-29-10-3-11-30-54)46-60(51-64)55-31-12-4-13-32-55)62-36-24-33-56(47-62)73-76-74(79-69-41-20-16-37-65(69)66-38-17-21-42-70(66)79)78-75(77-73)80-71-43-22-18-39-67(71)68-40-19-23-44-72(68)80/h1-51H/i1D,2D,3D,4D,5D,6D,7D,8D,9D,10D,11D,12D,14D,15D,16D,17D,18D,19D,20D,21D,22D,23D,24D,25D,26D,27D,28D,29D,31D,32D,33D,34D,35D,36D,37D,38D,39D,40D,41D,42D,43D,45D,46D,47D,48D,49D,50D,51D. The van der Waals surface area contributed by atoms with E-state index in [9.17, 15) is 39.8 Å². The van der Waals surface area contributed by atoms with Crippen LogP contribution in [0.25, 0.3) is 111 Å². The number of fused-ring (bicyclic) bond motifs is 6. The Morgan fingerprint density at radius 2 is 0.642 bits per heavy atom. The van der Waals surface area contributed by atoms with Crippen LogP contribution < -0.4 is 20.7 Å². The first-order chi connectivity index (χ1) is 60.1. The molecule has 81 heavy (non-hydrogen) atoms. The van der Waals surface area contributed by atoms with Gasteiger partial charge in [-0.2, -0.15) is 15.0 Å². The van der Waals surface area contributed by atoms with Crippen molar-refractivity contribution in [2.24, 2.45) is 0 Å². The minimum Gasteiger partial charge on any atom is -0.278 e. The van der Waals surface area contributed by atoms with E-state index < -0.39 is 430 Å². The Morgan fingerprint density at radius 3 is 1.21 bits per heavy atom. The summed E-state index contributed by atoms with van der Waals surface area (Å²) in [6.45, 7) is 0. The van der Waals surface area contributed by atoms with Crippen LogP contribution in [0.3, 0.4) is 0 Å². The van der Waals surface area contributed by atoms with Gasteiger partial charge in [0.25, 0.3) is 0 Å². The van der Waals surface area contributed by atoms with Crippen LogP contribution in [0.2, 0.25) is 0 Å². The lowest BCUT2D eigenvalue weighted by molar-refractivity contribution is 0.893. The van der Waals surface area contributed by atoms with Crippen LogP contribution in [0.1, 0.15) is 65.8 Å². The van der Waals surface area contributed by atoms with Gasteiger partial charge in [0.15, 0.2) is 13.9 Å². The Bertz CT molecular complexity index is 7540. The van der Waals surface area contributed by atoms with Crippen LogP contribution in [-0.2, 0) is 0 Å². The third-order valence-corrected chi connectivity index (χ3v) is 16.6. The topological polar surface area (TPSA) is 48.5 Å². The summed E-state index contributed by atoms with van der Waals surface area (Å²) in [5.41, 5.74) is -15.3. The monoisotopic (exact) mass is 1100 g/mol. The molecule has 15 rings (SSSR count). The maximum Gasteiger partial charge on any atom is 0.240 e.